The van der Waals surface area contributed by atoms with E-state index < -0.39 is 0 Å². The molecule has 0 N–H and O–H groups in total. The normalized spacial score (nSPS) is 10.4. The fourth-order valence-corrected chi connectivity index (χ4v) is 1.08. The first-order valence-corrected chi connectivity index (χ1v) is 4.18. The molecule has 5 heteroatoms. The van der Waals surface area contributed by atoms with Gasteiger partial charge >= 0.3 is 0 Å². The van der Waals surface area contributed by atoms with Crippen molar-refractivity contribution in [2.75, 3.05) is 0 Å². The summed E-state index contributed by atoms with van der Waals surface area (Å²) in [6, 6.07) is 1.81. The van der Waals surface area contributed by atoms with Crippen molar-refractivity contribution in [3.8, 4) is 0 Å². The highest BCUT2D eigenvalue weighted by molar-refractivity contribution is 5.91. The van der Waals surface area contributed by atoms with E-state index in [1.54, 1.807) is 17.1 Å². The van der Waals surface area contributed by atoms with E-state index in [4.69, 9.17) is 4.42 Å². The zero-order chi connectivity index (χ0) is 9.97. The monoisotopic (exact) mass is 191 g/mol. The smallest absolute Gasteiger partial charge is 0.216 e. The molecule has 0 aromatic carbocycles. The highest BCUT2D eigenvalue weighted by atomic mass is 16.3. The standard InChI is InChI=1S/C9H9N3O2/c1-7(13)8-6-14-9(11-8)5-12-4-2-3-10-12/h2-4,6H,5H2,1H3. The second-order valence-electron chi connectivity index (χ2n) is 2.89. The zero-order valence-electron chi connectivity index (χ0n) is 7.67. The molecule has 0 spiro atoms. The Kier molecular flexibility index (Phi) is 2.14. The van der Waals surface area contributed by atoms with Gasteiger partial charge in [-0.15, -0.1) is 0 Å². The quantitative estimate of drug-likeness (QED) is 0.682. The Morgan fingerprint density at radius 2 is 2.50 bits per heavy atom. The third-order valence-electron chi connectivity index (χ3n) is 1.77. The SMILES string of the molecule is CC(=O)c1coc(Cn2cccn2)n1. The molecule has 0 bridgehead atoms. The van der Waals surface area contributed by atoms with Crippen molar-refractivity contribution in [2.45, 2.75) is 13.5 Å². The molecule has 0 amide bonds. The average Bonchev–Trinajstić information content (AvgIpc) is 2.75. The Morgan fingerprint density at radius 3 is 3.07 bits per heavy atom. The summed E-state index contributed by atoms with van der Waals surface area (Å²) < 4.78 is 6.78. The molecule has 2 heterocycles. The van der Waals surface area contributed by atoms with Crippen LogP contribution >= 0.6 is 0 Å². The van der Waals surface area contributed by atoms with Crippen LogP contribution in [0.2, 0.25) is 0 Å². The molecular weight excluding hydrogens is 182 g/mol. The summed E-state index contributed by atoms with van der Waals surface area (Å²) in [5.74, 6) is 0.388. The Morgan fingerprint density at radius 1 is 1.64 bits per heavy atom. The van der Waals surface area contributed by atoms with Gasteiger partial charge in [0, 0.05) is 19.3 Å². The molecule has 0 aliphatic rings. The lowest BCUT2D eigenvalue weighted by Crippen LogP contribution is -2.01. The Labute approximate surface area is 80.4 Å². The molecule has 0 saturated heterocycles. The highest BCUT2D eigenvalue weighted by Gasteiger charge is 2.07. The van der Waals surface area contributed by atoms with E-state index >= 15 is 0 Å². The summed E-state index contributed by atoms with van der Waals surface area (Å²) in [4.78, 5) is 14.9. The lowest BCUT2D eigenvalue weighted by atomic mass is 10.3. The third-order valence-corrected chi connectivity index (χ3v) is 1.77. The lowest BCUT2D eigenvalue weighted by molar-refractivity contribution is 0.101. The van der Waals surface area contributed by atoms with Gasteiger partial charge < -0.3 is 4.42 Å². The third kappa shape index (κ3) is 1.71. The van der Waals surface area contributed by atoms with Crippen molar-refractivity contribution in [1.82, 2.24) is 14.8 Å². The van der Waals surface area contributed by atoms with Gasteiger partial charge in [0.1, 0.15) is 18.5 Å². The number of oxazole rings is 1. The van der Waals surface area contributed by atoms with Crippen molar-refractivity contribution in [3.63, 3.8) is 0 Å². The minimum absolute atomic E-state index is 0.0968. The summed E-state index contributed by atoms with van der Waals surface area (Å²) in [6.07, 6.45) is 4.84. The number of ketones is 1. The average molecular weight is 191 g/mol. The number of carbonyl (C=O) groups is 1. The number of rotatable bonds is 3. The van der Waals surface area contributed by atoms with Crippen LogP contribution in [0.15, 0.2) is 29.1 Å². The van der Waals surface area contributed by atoms with E-state index in [-0.39, 0.29) is 5.78 Å². The largest absolute Gasteiger partial charge is 0.446 e. The first kappa shape index (κ1) is 8.68. The highest BCUT2D eigenvalue weighted by Crippen LogP contribution is 2.04. The van der Waals surface area contributed by atoms with E-state index in [9.17, 15) is 4.79 Å². The van der Waals surface area contributed by atoms with Gasteiger partial charge in [-0.2, -0.15) is 5.10 Å². The lowest BCUT2D eigenvalue weighted by Gasteiger charge is -1.94. The number of carbonyl (C=O) groups excluding carboxylic acids is 1. The van der Waals surface area contributed by atoms with Crippen molar-refractivity contribution in [1.29, 1.82) is 0 Å². The van der Waals surface area contributed by atoms with Crippen molar-refractivity contribution >= 4 is 5.78 Å². The fourth-order valence-electron chi connectivity index (χ4n) is 1.08. The number of nitrogens with zero attached hydrogens (tertiary/aromatic N) is 3. The molecule has 0 unspecified atom stereocenters. The minimum atomic E-state index is -0.0968. The predicted molar refractivity (Wildman–Crippen MR) is 47.8 cm³/mol. The molecule has 0 aliphatic heterocycles. The van der Waals surface area contributed by atoms with E-state index in [0.29, 0.717) is 18.1 Å². The Balaban J connectivity index is 2.14. The maximum atomic E-state index is 10.9. The molecule has 0 saturated carbocycles. The molecule has 0 atom stereocenters. The summed E-state index contributed by atoms with van der Waals surface area (Å²) in [6.45, 7) is 1.90. The van der Waals surface area contributed by atoms with Crippen molar-refractivity contribution in [3.05, 3.63) is 36.3 Å². The van der Waals surface area contributed by atoms with E-state index in [1.807, 2.05) is 6.07 Å². The van der Waals surface area contributed by atoms with E-state index in [0.717, 1.165) is 0 Å². The Hall–Kier alpha value is -1.91. The van der Waals surface area contributed by atoms with E-state index in [1.165, 1.54) is 13.2 Å². The summed E-state index contributed by atoms with van der Waals surface area (Å²) in [7, 11) is 0. The first-order chi connectivity index (χ1) is 6.75. The predicted octanol–water partition coefficient (Wildman–Crippen LogP) is 1.12. The van der Waals surface area contributed by atoms with Crippen LogP contribution in [0, 0.1) is 0 Å². The van der Waals surface area contributed by atoms with Crippen LogP contribution in [-0.4, -0.2) is 20.5 Å². The first-order valence-electron chi connectivity index (χ1n) is 4.18. The number of hydrogen-bond donors (Lipinski definition) is 0. The summed E-state index contributed by atoms with van der Waals surface area (Å²) in [5.41, 5.74) is 0.354. The summed E-state index contributed by atoms with van der Waals surface area (Å²) >= 11 is 0. The van der Waals surface area contributed by atoms with Crippen LogP contribution in [0.4, 0.5) is 0 Å². The van der Waals surface area contributed by atoms with Crippen molar-refractivity contribution in [2.24, 2.45) is 0 Å². The van der Waals surface area contributed by atoms with Crippen LogP contribution in [0.3, 0.4) is 0 Å². The second kappa shape index (κ2) is 3.45. The molecule has 0 aliphatic carbocycles. The minimum Gasteiger partial charge on any atom is -0.446 e. The molecule has 0 fully saturated rings. The van der Waals surface area contributed by atoms with Gasteiger partial charge in [-0.25, -0.2) is 4.98 Å². The molecule has 0 radical (unpaired) electrons. The maximum absolute atomic E-state index is 10.9. The topological polar surface area (TPSA) is 60.9 Å². The van der Waals surface area contributed by atoms with Gasteiger partial charge in [-0.05, 0) is 6.07 Å². The van der Waals surface area contributed by atoms with Gasteiger partial charge in [-0.3, -0.25) is 9.48 Å². The zero-order valence-corrected chi connectivity index (χ0v) is 7.67. The van der Waals surface area contributed by atoms with Gasteiger partial charge in [0.25, 0.3) is 0 Å². The number of Topliss-reactive ketones (excluding diaryl/α,β-unsaturated/α-hetero) is 1. The van der Waals surface area contributed by atoms with Crippen LogP contribution in [0.5, 0.6) is 0 Å². The maximum Gasteiger partial charge on any atom is 0.216 e. The second-order valence-corrected chi connectivity index (χ2v) is 2.89. The van der Waals surface area contributed by atoms with Gasteiger partial charge in [0.2, 0.25) is 5.89 Å². The molecule has 72 valence electrons. The summed E-state index contributed by atoms with van der Waals surface area (Å²) in [5, 5.41) is 4.00. The molecular formula is C9H9N3O2. The van der Waals surface area contributed by atoms with Crippen LogP contribution in [-0.2, 0) is 6.54 Å². The van der Waals surface area contributed by atoms with Gasteiger partial charge in [0.05, 0.1) is 0 Å². The molecule has 14 heavy (non-hydrogen) atoms. The van der Waals surface area contributed by atoms with Crippen molar-refractivity contribution < 1.29 is 9.21 Å². The molecule has 2 rings (SSSR count). The van der Waals surface area contributed by atoms with E-state index in [2.05, 4.69) is 10.1 Å². The number of aromatic nitrogens is 3. The van der Waals surface area contributed by atoms with Crippen LogP contribution < -0.4 is 0 Å². The van der Waals surface area contributed by atoms with Crippen LogP contribution in [0.25, 0.3) is 0 Å². The van der Waals surface area contributed by atoms with Gasteiger partial charge in [-0.1, -0.05) is 0 Å². The van der Waals surface area contributed by atoms with Gasteiger partial charge in [0.15, 0.2) is 5.78 Å². The molecule has 2 aromatic heterocycles. The molecule has 5 nitrogen and oxygen atoms in total. The van der Waals surface area contributed by atoms with Crippen LogP contribution in [0.1, 0.15) is 23.3 Å². The molecule has 2 aromatic rings. The fraction of sp³-hybridized carbons (Fsp3) is 0.222. The Bertz CT molecular complexity index is 431. The number of hydrogen-bond acceptors (Lipinski definition) is 4.